The van der Waals surface area contributed by atoms with Crippen molar-refractivity contribution in [2.75, 3.05) is 0 Å². The van der Waals surface area contributed by atoms with Crippen molar-refractivity contribution in [1.29, 1.82) is 0 Å². The largest absolute Gasteiger partial charge is 0.351 e. The molecule has 0 unspecified atom stereocenters. The maximum Gasteiger partial charge on any atom is 0.0927 e. The molecule has 0 saturated carbocycles. The van der Waals surface area contributed by atoms with E-state index in [9.17, 15) is 0 Å². The highest BCUT2D eigenvalue weighted by Crippen LogP contribution is 1.90. The van der Waals surface area contributed by atoms with E-state index in [1.165, 1.54) is 0 Å². The van der Waals surface area contributed by atoms with Crippen molar-refractivity contribution in [1.82, 2.24) is 9.97 Å². The number of allylic oxidation sites excluding steroid dienone is 1. The van der Waals surface area contributed by atoms with Crippen molar-refractivity contribution in [2.24, 2.45) is 0 Å². The topological polar surface area (TPSA) is 28.7 Å². The van der Waals surface area contributed by atoms with Gasteiger partial charge in [-0.3, -0.25) is 0 Å². The number of aromatic amines is 1. The van der Waals surface area contributed by atoms with Gasteiger partial charge in [0.2, 0.25) is 0 Å². The predicted molar refractivity (Wildman–Crippen MR) is 35.8 cm³/mol. The van der Waals surface area contributed by atoms with E-state index in [-0.39, 0.29) is 0 Å². The Morgan fingerprint density at radius 2 is 2.78 bits per heavy atom. The third-order valence-electron chi connectivity index (χ3n) is 0.952. The third kappa shape index (κ3) is 1.72. The van der Waals surface area contributed by atoms with Crippen LogP contribution in [0.25, 0.3) is 0 Å². The molecule has 2 heteroatoms. The molecule has 0 aromatic carbocycles. The second-order valence-corrected chi connectivity index (χ2v) is 1.71. The Kier molecular flexibility index (Phi) is 2.07. The summed E-state index contributed by atoms with van der Waals surface area (Å²) >= 11 is 0. The normalized spacial score (nSPS) is 10.8. The molecule has 1 rings (SSSR count). The van der Waals surface area contributed by atoms with Gasteiger partial charge in [-0.2, -0.15) is 0 Å². The van der Waals surface area contributed by atoms with E-state index in [0.29, 0.717) is 0 Å². The quantitative estimate of drug-likeness (QED) is 0.631. The minimum absolute atomic E-state index is 0.872. The Labute approximate surface area is 54.6 Å². The van der Waals surface area contributed by atoms with Gasteiger partial charge in [-0.05, 0) is 6.42 Å². The monoisotopic (exact) mass is 121 g/mol. The molecule has 9 heavy (non-hydrogen) atoms. The lowest BCUT2D eigenvalue weighted by atomic mass is 10.3. The van der Waals surface area contributed by atoms with Gasteiger partial charge in [-0.25, -0.2) is 4.98 Å². The van der Waals surface area contributed by atoms with Gasteiger partial charge < -0.3 is 4.98 Å². The molecule has 0 aliphatic carbocycles. The molecule has 0 saturated heterocycles. The molecule has 0 spiro atoms. The highest BCUT2D eigenvalue weighted by molar-refractivity contribution is 5.06. The molecule has 2 nitrogen and oxygen atoms in total. The first-order valence-corrected chi connectivity index (χ1v) is 3.00. The molecule has 1 radical (unpaired) electrons. The standard InChI is InChI=1S/C7H9N2/c1-2-3-4-7-5-8-6-9-7/h3,5-6H,2H2,1H3,(H,8,9). The van der Waals surface area contributed by atoms with E-state index in [4.69, 9.17) is 0 Å². The van der Waals surface area contributed by atoms with Crippen LogP contribution >= 0.6 is 0 Å². The number of rotatable bonds is 2. The fourth-order valence-corrected chi connectivity index (χ4v) is 0.546. The van der Waals surface area contributed by atoms with Crippen LogP contribution in [0.4, 0.5) is 0 Å². The van der Waals surface area contributed by atoms with Crippen LogP contribution in [0, 0.1) is 6.08 Å². The fraction of sp³-hybridized carbons (Fsp3) is 0.286. The minimum atomic E-state index is 0.872. The molecule has 1 N–H and O–H groups in total. The zero-order valence-electron chi connectivity index (χ0n) is 5.39. The van der Waals surface area contributed by atoms with Gasteiger partial charge >= 0.3 is 0 Å². The number of nitrogens with zero attached hydrogens (tertiary/aromatic N) is 1. The molecule has 0 fully saturated rings. The van der Waals surface area contributed by atoms with Crippen LogP contribution < -0.4 is 0 Å². The summed E-state index contributed by atoms with van der Waals surface area (Å²) < 4.78 is 0. The maximum atomic E-state index is 3.96. The van der Waals surface area contributed by atoms with Crippen LogP contribution in [0.15, 0.2) is 18.6 Å². The summed E-state index contributed by atoms with van der Waals surface area (Å²) in [7, 11) is 0. The maximum absolute atomic E-state index is 3.96. The van der Waals surface area contributed by atoms with Crippen molar-refractivity contribution >= 4 is 0 Å². The average molecular weight is 121 g/mol. The van der Waals surface area contributed by atoms with Crippen LogP contribution in [0.5, 0.6) is 0 Å². The van der Waals surface area contributed by atoms with Gasteiger partial charge in [0.15, 0.2) is 0 Å². The first kappa shape index (κ1) is 6.08. The van der Waals surface area contributed by atoms with E-state index < -0.39 is 0 Å². The molecular formula is C7H9N2. The number of hydrogen-bond donors (Lipinski definition) is 1. The van der Waals surface area contributed by atoms with Crippen molar-refractivity contribution in [3.63, 3.8) is 0 Å². The van der Waals surface area contributed by atoms with E-state index in [2.05, 4.69) is 23.0 Å². The lowest BCUT2D eigenvalue weighted by Crippen LogP contribution is -1.68. The molecular weight excluding hydrogens is 112 g/mol. The van der Waals surface area contributed by atoms with Crippen LogP contribution in [0.1, 0.15) is 19.0 Å². The number of H-pyrrole nitrogens is 1. The average Bonchev–Trinajstić information content (AvgIpc) is 2.34. The molecule has 0 bridgehead atoms. The Morgan fingerprint density at radius 3 is 3.33 bits per heavy atom. The molecule has 1 aromatic heterocycles. The number of aromatic nitrogens is 2. The molecule has 0 aliphatic heterocycles. The summed E-state index contributed by atoms with van der Waals surface area (Å²) in [6.07, 6.45) is 9.42. The van der Waals surface area contributed by atoms with E-state index >= 15 is 0 Å². The van der Waals surface area contributed by atoms with Gasteiger partial charge in [0, 0.05) is 12.3 Å². The molecule has 0 amide bonds. The predicted octanol–water partition coefficient (Wildman–Crippen LogP) is 1.53. The van der Waals surface area contributed by atoms with Gasteiger partial charge in [-0.15, -0.1) is 0 Å². The van der Waals surface area contributed by atoms with E-state index in [1.54, 1.807) is 6.33 Å². The lowest BCUT2D eigenvalue weighted by Gasteiger charge is -1.76. The van der Waals surface area contributed by atoms with Crippen LogP contribution in [-0.2, 0) is 0 Å². The Morgan fingerprint density at radius 1 is 1.89 bits per heavy atom. The molecule has 0 aliphatic rings. The minimum Gasteiger partial charge on any atom is -0.351 e. The first-order valence-electron chi connectivity index (χ1n) is 3.00. The summed E-state index contributed by atoms with van der Waals surface area (Å²) in [6.45, 7) is 2.07. The van der Waals surface area contributed by atoms with Gasteiger partial charge in [0.1, 0.15) is 0 Å². The van der Waals surface area contributed by atoms with Crippen LogP contribution in [0.2, 0.25) is 0 Å². The zero-order valence-corrected chi connectivity index (χ0v) is 5.39. The van der Waals surface area contributed by atoms with Gasteiger partial charge in [0.25, 0.3) is 0 Å². The van der Waals surface area contributed by atoms with Crippen molar-refractivity contribution < 1.29 is 0 Å². The molecule has 47 valence electrons. The number of hydrogen-bond acceptors (Lipinski definition) is 1. The summed E-state index contributed by atoms with van der Waals surface area (Å²) in [6, 6.07) is 0. The first-order chi connectivity index (χ1) is 4.43. The zero-order chi connectivity index (χ0) is 6.53. The third-order valence-corrected chi connectivity index (χ3v) is 0.952. The molecule has 1 heterocycles. The highest BCUT2D eigenvalue weighted by atomic mass is 14.8. The van der Waals surface area contributed by atoms with Gasteiger partial charge in [0.05, 0.1) is 12.0 Å². The smallest absolute Gasteiger partial charge is 0.0927 e. The SMILES string of the molecule is CC/C=[C]\c1c[nH]cn1. The van der Waals surface area contributed by atoms with Crippen LogP contribution in [0.3, 0.4) is 0 Å². The Hall–Kier alpha value is -1.05. The number of imidazole rings is 1. The molecule has 1 aromatic rings. The Balaban J connectivity index is 2.57. The lowest BCUT2D eigenvalue weighted by molar-refractivity contribution is 1.20. The fourth-order valence-electron chi connectivity index (χ4n) is 0.546. The van der Waals surface area contributed by atoms with Crippen molar-refractivity contribution in [2.45, 2.75) is 13.3 Å². The van der Waals surface area contributed by atoms with Gasteiger partial charge in [-0.1, -0.05) is 13.0 Å². The summed E-state index contributed by atoms with van der Waals surface area (Å²) in [5.41, 5.74) is 0.872. The van der Waals surface area contributed by atoms with Crippen LogP contribution in [-0.4, -0.2) is 9.97 Å². The number of nitrogens with one attached hydrogen (secondary N) is 1. The summed E-state index contributed by atoms with van der Waals surface area (Å²) in [5, 5.41) is 0. The summed E-state index contributed by atoms with van der Waals surface area (Å²) in [4.78, 5) is 6.80. The second kappa shape index (κ2) is 3.07. The highest BCUT2D eigenvalue weighted by Gasteiger charge is 1.83. The Bertz CT molecular complexity index is 175. The van der Waals surface area contributed by atoms with E-state index in [1.807, 2.05) is 12.3 Å². The molecule has 0 atom stereocenters. The summed E-state index contributed by atoms with van der Waals surface area (Å²) in [5.74, 6) is 0. The van der Waals surface area contributed by atoms with E-state index in [0.717, 1.165) is 12.1 Å². The van der Waals surface area contributed by atoms with Crippen molar-refractivity contribution in [3.05, 3.63) is 30.4 Å². The van der Waals surface area contributed by atoms with Crippen molar-refractivity contribution in [3.8, 4) is 0 Å². The second-order valence-electron chi connectivity index (χ2n) is 1.71.